The van der Waals surface area contributed by atoms with Crippen LogP contribution in [0.15, 0.2) is 12.1 Å². The van der Waals surface area contributed by atoms with Crippen molar-refractivity contribution in [2.75, 3.05) is 0 Å². The second-order valence-corrected chi connectivity index (χ2v) is 3.16. The van der Waals surface area contributed by atoms with Gasteiger partial charge >= 0.3 is 6.61 Å². The Morgan fingerprint density at radius 3 is 2.56 bits per heavy atom. The summed E-state index contributed by atoms with van der Waals surface area (Å²) in [6, 6.07) is 4.38. The minimum atomic E-state index is -2.95. The number of nitrogens with zero attached hydrogens (tertiary/aromatic N) is 1. The number of ketones is 1. The minimum Gasteiger partial charge on any atom is -0.435 e. The molecular weight excluding hydrogens is 216 g/mol. The number of nitriles is 1. The Morgan fingerprint density at radius 1 is 1.50 bits per heavy atom. The van der Waals surface area contributed by atoms with Crippen LogP contribution >= 0.6 is 0 Å². The van der Waals surface area contributed by atoms with E-state index in [1.165, 1.54) is 26.0 Å². The summed E-state index contributed by atoms with van der Waals surface area (Å²) < 4.78 is 28.3. The van der Waals surface area contributed by atoms with Crippen molar-refractivity contribution in [3.63, 3.8) is 0 Å². The third-order valence-corrected chi connectivity index (χ3v) is 2.10. The van der Waals surface area contributed by atoms with Crippen LogP contribution in [0.1, 0.15) is 28.4 Å². The molecule has 0 saturated carbocycles. The SMILES string of the molecule is CC(=O)c1c(C#N)ccc(OC(F)F)c1C. The Bertz CT molecular complexity index is 464. The van der Waals surface area contributed by atoms with Crippen molar-refractivity contribution >= 4 is 5.78 Å². The van der Waals surface area contributed by atoms with Crippen molar-refractivity contribution in [2.24, 2.45) is 0 Å². The largest absolute Gasteiger partial charge is 0.435 e. The highest BCUT2D eigenvalue weighted by Crippen LogP contribution is 2.26. The summed E-state index contributed by atoms with van der Waals surface area (Å²) in [4.78, 5) is 11.3. The predicted molar refractivity (Wildman–Crippen MR) is 52.5 cm³/mol. The van der Waals surface area contributed by atoms with E-state index in [0.717, 1.165) is 0 Å². The van der Waals surface area contributed by atoms with Crippen LogP contribution in [-0.2, 0) is 0 Å². The first-order chi connectivity index (χ1) is 7.47. The van der Waals surface area contributed by atoms with Crippen LogP contribution in [0.4, 0.5) is 8.78 Å². The standard InChI is InChI=1S/C11H9F2NO2/c1-6-9(16-11(12)13)4-3-8(5-14)10(6)7(2)15/h3-4,11H,1-2H3. The lowest BCUT2D eigenvalue weighted by Crippen LogP contribution is -2.07. The quantitative estimate of drug-likeness (QED) is 0.743. The maximum Gasteiger partial charge on any atom is 0.387 e. The van der Waals surface area contributed by atoms with Gasteiger partial charge in [-0.15, -0.1) is 0 Å². The monoisotopic (exact) mass is 225 g/mol. The highest BCUT2D eigenvalue weighted by molar-refractivity contribution is 5.98. The number of halogens is 2. The van der Waals surface area contributed by atoms with E-state index in [1.807, 2.05) is 6.07 Å². The van der Waals surface area contributed by atoms with Crippen LogP contribution in [0.25, 0.3) is 0 Å². The van der Waals surface area contributed by atoms with Crippen molar-refractivity contribution in [3.05, 3.63) is 28.8 Å². The van der Waals surface area contributed by atoms with E-state index in [9.17, 15) is 13.6 Å². The first kappa shape index (κ1) is 12.1. The summed E-state index contributed by atoms with van der Waals surface area (Å²) >= 11 is 0. The Labute approximate surface area is 91.3 Å². The molecule has 3 nitrogen and oxygen atoms in total. The van der Waals surface area contributed by atoms with Crippen LogP contribution in [0, 0.1) is 18.3 Å². The molecule has 5 heteroatoms. The molecule has 0 N–H and O–H groups in total. The van der Waals surface area contributed by atoms with Crippen LogP contribution in [0.3, 0.4) is 0 Å². The van der Waals surface area contributed by atoms with E-state index in [4.69, 9.17) is 5.26 Å². The summed E-state index contributed by atoms with van der Waals surface area (Å²) in [5, 5.41) is 8.77. The molecule has 0 radical (unpaired) electrons. The number of ether oxygens (including phenoxy) is 1. The first-order valence-electron chi connectivity index (χ1n) is 4.46. The van der Waals surface area contributed by atoms with Crippen LogP contribution < -0.4 is 4.74 Å². The molecule has 0 spiro atoms. The molecule has 1 aromatic rings. The fourth-order valence-electron chi connectivity index (χ4n) is 1.46. The lowest BCUT2D eigenvalue weighted by atomic mass is 9.99. The number of Topliss-reactive ketones (excluding diaryl/α,β-unsaturated/α-hetero) is 1. The van der Waals surface area contributed by atoms with Gasteiger partial charge in [-0.2, -0.15) is 14.0 Å². The van der Waals surface area contributed by atoms with E-state index < -0.39 is 6.61 Å². The van der Waals surface area contributed by atoms with Crippen molar-refractivity contribution in [1.82, 2.24) is 0 Å². The molecule has 0 fully saturated rings. The van der Waals surface area contributed by atoms with E-state index in [1.54, 1.807) is 0 Å². The molecule has 0 unspecified atom stereocenters. The van der Waals surface area contributed by atoms with Gasteiger partial charge in [-0.3, -0.25) is 4.79 Å². The number of benzene rings is 1. The lowest BCUT2D eigenvalue weighted by molar-refractivity contribution is -0.0503. The van der Waals surface area contributed by atoms with Gasteiger partial charge < -0.3 is 4.74 Å². The Kier molecular flexibility index (Phi) is 3.56. The molecule has 0 heterocycles. The van der Waals surface area contributed by atoms with Crippen molar-refractivity contribution in [3.8, 4) is 11.8 Å². The average molecular weight is 225 g/mol. The number of carbonyl (C=O) groups is 1. The van der Waals surface area contributed by atoms with E-state index in [2.05, 4.69) is 4.74 Å². The molecule has 0 bridgehead atoms. The zero-order chi connectivity index (χ0) is 12.3. The van der Waals surface area contributed by atoms with Gasteiger partial charge in [0.2, 0.25) is 0 Å². The molecule has 0 aliphatic rings. The van der Waals surface area contributed by atoms with Crippen LogP contribution in [0.5, 0.6) is 5.75 Å². The molecule has 0 atom stereocenters. The van der Waals surface area contributed by atoms with Gasteiger partial charge in [0.25, 0.3) is 0 Å². The maximum absolute atomic E-state index is 12.0. The van der Waals surface area contributed by atoms with Gasteiger partial charge in [-0.25, -0.2) is 0 Å². The minimum absolute atomic E-state index is 0.0841. The molecular formula is C11H9F2NO2. The number of carbonyl (C=O) groups excluding carboxylic acids is 1. The number of alkyl halides is 2. The van der Waals surface area contributed by atoms with Crippen molar-refractivity contribution in [1.29, 1.82) is 5.26 Å². The summed E-state index contributed by atoms with van der Waals surface area (Å²) in [5.41, 5.74) is 0.541. The summed E-state index contributed by atoms with van der Waals surface area (Å²) in [7, 11) is 0. The fraction of sp³-hybridized carbons (Fsp3) is 0.273. The molecule has 1 rings (SSSR count). The molecule has 0 saturated heterocycles. The second-order valence-electron chi connectivity index (χ2n) is 3.16. The zero-order valence-electron chi connectivity index (χ0n) is 8.75. The summed E-state index contributed by atoms with van der Waals surface area (Å²) in [6.07, 6.45) is 0. The molecule has 1 aromatic carbocycles. The summed E-state index contributed by atoms with van der Waals surface area (Å²) in [5.74, 6) is -0.437. The lowest BCUT2D eigenvalue weighted by Gasteiger charge is -2.11. The third kappa shape index (κ3) is 2.34. The molecule has 0 amide bonds. The van der Waals surface area contributed by atoms with Crippen LogP contribution in [-0.4, -0.2) is 12.4 Å². The van der Waals surface area contributed by atoms with Crippen molar-refractivity contribution in [2.45, 2.75) is 20.5 Å². The maximum atomic E-state index is 12.0. The Morgan fingerprint density at radius 2 is 2.12 bits per heavy atom. The van der Waals surface area contributed by atoms with Gasteiger partial charge in [-0.1, -0.05) is 0 Å². The average Bonchev–Trinajstić information content (AvgIpc) is 2.19. The molecule has 0 aliphatic heterocycles. The number of hydrogen-bond acceptors (Lipinski definition) is 3. The first-order valence-corrected chi connectivity index (χ1v) is 4.46. The Hall–Kier alpha value is -1.96. The van der Waals surface area contributed by atoms with Gasteiger partial charge in [0.15, 0.2) is 5.78 Å². The third-order valence-electron chi connectivity index (χ3n) is 2.10. The van der Waals surface area contributed by atoms with E-state index in [-0.39, 0.29) is 28.2 Å². The molecule has 16 heavy (non-hydrogen) atoms. The smallest absolute Gasteiger partial charge is 0.387 e. The zero-order valence-corrected chi connectivity index (χ0v) is 8.75. The number of rotatable bonds is 3. The molecule has 0 aromatic heterocycles. The highest BCUT2D eigenvalue weighted by Gasteiger charge is 2.16. The van der Waals surface area contributed by atoms with E-state index in [0.29, 0.717) is 0 Å². The van der Waals surface area contributed by atoms with Gasteiger partial charge in [0, 0.05) is 11.1 Å². The number of hydrogen-bond donors (Lipinski definition) is 0. The van der Waals surface area contributed by atoms with Gasteiger partial charge in [0.05, 0.1) is 11.6 Å². The van der Waals surface area contributed by atoms with E-state index >= 15 is 0 Å². The van der Waals surface area contributed by atoms with Gasteiger partial charge in [0.1, 0.15) is 5.75 Å². The summed E-state index contributed by atoms with van der Waals surface area (Å²) in [6.45, 7) is -0.212. The molecule has 0 aliphatic carbocycles. The fourth-order valence-corrected chi connectivity index (χ4v) is 1.46. The second kappa shape index (κ2) is 4.71. The van der Waals surface area contributed by atoms with Crippen LogP contribution in [0.2, 0.25) is 0 Å². The highest BCUT2D eigenvalue weighted by atomic mass is 19.3. The molecule has 84 valence electrons. The topological polar surface area (TPSA) is 50.1 Å². The Balaban J connectivity index is 3.33. The predicted octanol–water partition coefficient (Wildman–Crippen LogP) is 2.67. The van der Waals surface area contributed by atoms with Gasteiger partial charge in [-0.05, 0) is 26.0 Å². The normalized spacial score (nSPS) is 10.0. The van der Waals surface area contributed by atoms with Crippen molar-refractivity contribution < 1.29 is 18.3 Å².